The van der Waals surface area contributed by atoms with Crippen LogP contribution in [0.2, 0.25) is 10.0 Å². The topological polar surface area (TPSA) is 41.1 Å². The van der Waals surface area contributed by atoms with Crippen molar-refractivity contribution in [2.24, 2.45) is 0 Å². The zero-order chi connectivity index (χ0) is 16.2. The van der Waals surface area contributed by atoms with Gasteiger partial charge in [-0.2, -0.15) is 0 Å². The molecule has 3 aromatic rings. The monoisotopic (exact) mass is 344 g/mol. The number of anilines is 2. The molecule has 0 saturated carbocycles. The number of fused-ring (bicyclic) bond motifs is 1. The van der Waals surface area contributed by atoms with Crippen LogP contribution in [0.3, 0.4) is 0 Å². The molecule has 3 nitrogen and oxygen atoms in total. The van der Waals surface area contributed by atoms with E-state index < -0.39 is 0 Å². The molecule has 3 rings (SSSR count). The molecular weight excluding hydrogens is 331 g/mol. The largest absolute Gasteiger partial charge is 0.376 e. The van der Waals surface area contributed by atoms with Gasteiger partial charge in [-0.05, 0) is 29.7 Å². The highest BCUT2D eigenvalue weighted by Crippen LogP contribution is 2.26. The van der Waals surface area contributed by atoms with Crippen LogP contribution in [-0.2, 0) is 4.79 Å². The van der Waals surface area contributed by atoms with Crippen LogP contribution < -0.4 is 10.6 Å². The van der Waals surface area contributed by atoms with Crippen LogP contribution >= 0.6 is 23.2 Å². The first-order chi connectivity index (χ1) is 11.1. The molecule has 0 radical (unpaired) electrons. The number of hydrogen-bond donors (Lipinski definition) is 2. The minimum absolute atomic E-state index is 0.136. The zero-order valence-electron chi connectivity index (χ0n) is 12.1. The molecule has 0 unspecified atom stereocenters. The summed E-state index contributed by atoms with van der Waals surface area (Å²) in [6, 6.07) is 18.9. The molecule has 0 atom stereocenters. The van der Waals surface area contributed by atoms with Gasteiger partial charge in [0.05, 0.1) is 17.3 Å². The molecule has 116 valence electrons. The number of carbonyl (C=O) groups excluding carboxylic acids is 1. The molecule has 1 amide bonds. The van der Waals surface area contributed by atoms with Crippen molar-refractivity contribution in [2.75, 3.05) is 17.2 Å². The Morgan fingerprint density at radius 2 is 1.70 bits per heavy atom. The number of hydrogen-bond acceptors (Lipinski definition) is 2. The van der Waals surface area contributed by atoms with E-state index in [1.54, 1.807) is 18.2 Å². The second-order valence-corrected chi connectivity index (χ2v) is 5.90. The minimum Gasteiger partial charge on any atom is -0.376 e. The maximum Gasteiger partial charge on any atom is 0.243 e. The Balaban J connectivity index is 1.70. The van der Waals surface area contributed by atoms with Crippen LogP contribution in [0.25, 0.3) is 10.8 Å². The maximum atomic E-state index is 12.1. The highest BCUT2D eigenvalue weighted by Gasteiger charge is 2.07. The normalized spacial score (nSPS) is 10.5. The molecule has 0 saturated heterocycles. The molecule has 0 aliphatic rings. The fourth-order valence-electron chi connectivity index (χ4n) is 2.34. The lowest BCUT2D eigenvalue weighted by atomic mass is 10.1. The molecule has 0 aliphatic carbocycles. The first-order valence-corrected chi connectivity index (χ1v) is 7.85. The van der Waals surface area contributed by atoms with Gasteiger partial charge in [-0.15, -0.1) is 0 Å². The van der Waals surface area contributed by atoms with Crippen LogP contribution in [0.5, 0.6) is 0 Å². The summed E-state index contributed by atoms with van der Waals surface area (Å²) in [4.78, 5) is 12.1. The number of rotatable bonds is 4. The van der Waals surface area contributed by atoms with Crippen molar-refractivity contribution in [2.45, 2.75) is 0 Å². The summed E-state index contributed by atoms with van der Waals surface area (Å²) in [7, 11) is 0. The molecule has 5 heteroatoms. The molecule has 2 N–H and O–H groups in total. The van der Waals surface area contributed by atoms with Gasteiger partial charge in [0, 0.05) is 16.1 Å². The molecule has 0 bridgehead atoms. The predicted molar refractivity (Wildman–Crippen MR) is 97.5 cm³/mol. The molecule has 0 spiro atoms. The number of carbonyl (C=O) groups is 1. The van der Waals surface area contributed by atoms with E-state index in [9.17, 15) is 4.79 Å². The van der Waals surface area contributed by atoms with Crippen molar-refractivity contribution >= 4 is 51.3 Å². The Kier molecular flexibility index (Phi) is 4.70. The molecule has 0 fully saturated rings. The lowest BCUT2D eigenvalue weighted by molar-refractivity contribution is -0.114. The van der Waals surface area contributed by atoms with Crippen molar-refractivity contribution in [3.05, 3.63) is 70.7 Å². The average Bonchev–Trinajstić information content (AvgIpc) is 2.56. The van der Waals surface area contributed by atoms with Crippen LogP contribution in [0.4, 0.5) is 11.4 Å². The van der Waals surface area contributed by atoms with Gasteiger partial charge in [0.25, 0.3) is 0 Å². The SMILES string of the molecule is O=C(CNc1cccc2ccccc12)Nc1cc(Cl)ccc1Cl. The van der Waals surface area contributed by atoms with Crippen LogP contribution in [-0.4, -0.2) is 12.5 Å². The van der Waals surface area contributed by atoms with Gasteiger partial charge in [-0.1, -0.05) is 59.6 Å². The number of benzene rings is 3. The Hall–Kier alpha value is -2.23. The van der Waals surface area contributed by atoms with E-state index in [0.717, 1.165) is 16.5 Å². The summed E-state index contributed by atoms with van der Waals surface area (Å²) in [5.41, 5.74) is 1.42. The van der Waals surface area contributed by atoms with Crippen LogP contribution in [0.15, 0.2) is 60.7 Å². The van der Waals surface area contributed by atoms with Gasteiger partial charge in [-0.3, -0.25) is 4.79 Å². The van der Waals surface area contributed by atoms with E-state index in [2.05, 4.69) is 10.6 Å². The quantitative estimate of drug-likeness (QED) is 0.683. The van der Waals surface area contributed by atoms with Crippen molar-refractivity contribution in [3.8, 4) is 0 Å². The molecular formula is C18H14Cl2N2O. The van der Waals surface area contributed by atoms with Gasteiger partial charge in [0.15, 0.2) is 0 Å². The van der Waals surface area contributed by atoms with E-state index in [4.69, 9.17) is 23.2 Å². The standard InChI is InChI=1S/C18H14Cl2N2O/c19-13-8-9-15(20)17(10-13)22-18(23)11-21-16-7-3-5-12-4-1-2-6-14(12)16/h1-10,21H,11H2,(H,22,23). The van der Waals surface area contributed by atoms with E-state index in [1.807, 2.05) is 42.5 Å². The van der Waals surface area contributed by atoms with Crippen molar-refractivity contribution < 1.29 is 4.79 Å². The molecule has 0 aromatic heterocycles. The van der Waals surface area contributed by atoms with Gasteiger partial charge >= 0.3 is 0 Å². The fraction of sp³-hybridized carbons (Fsp3) is 0.0556. The summed E-state index contributed by atoms with van der Waals surface area (Å²) in [5.74, 6) is -0.192. The van der Waals surface area contributed by atoms with E-state index in [0.29, 0.717) is 15.7 Å². The first-order valence-electron chi connectivity index (χ1n) is 7.10. The van der Waals surface area contributed by atoms with E-state index in [1.165, 1.54) is 0 Å². The number of nitrogens with one attached hydrogen (secondary N) is 2. The Labute approximate surface area is 144 Å². The Morgan fingerprint density at radius 1 is 0.913 bits per heavy atom. The summed E-state index contributed by atoms with van der Waals surface area (Å²) >= 11 is 12.0. The molecule has 0 aliphatic heterocycles. The second kappa shape index (κ2) is 6.90. The van der Waals surface area contributed by atoms with Crippen molar-refractivity contribution in [3.63, 3.8) is 0 Å². The number of halogens is 2. The summed E-state index contributed by atoms with van der Waals surface area (Å²) in [5, 5.41) is 9.07. The molecule has 23 heavy (non-hydrogen) atoms. The molecule has 3 aromatic carbocycles. The van der Waals surface area contributed by atoms with Crippen molar-refractivity contribution in [1.29, 1.82) is 0 Å². The highest BCUT2D eigenvalue weighted by molar-refractivity contribution is 6.35. The van der Waals surface area contributed by atoms with Gasteiger partial charge < -0.3 is 10.6 Å². The predicted octanol–water partition coefficient (Wildman–Crippen LogP) is 5.20. The summed E-state index contributed by atoms with van der Waals surface area (Å²) in [6.07, 6.45) is 0. The van der Waals surface area contributed by atoms with Gasteiger partial charge in [-0.25, -0.2) is 0 Å². The summed E-state index contributed by atoms with van der Waals surface area (Å²) in [6.45, 7) is 0.136. The highest BCUT2D eigenvalue weighted by atomic mass is 35.5. The lowest BCUT2D eigenvalue weighted by Crippen LogP contribution is -2.22. The zero-order valence-corrected chi connectivity index (χ0v) is 13.7. The Morgan fingerprint density at radius 3 is 2.57 bits per heavy atom. The Bertz CT molecular complexity index is 859. The van der Waals surface area contributed by atoms with E-state index >= 15 is 0 Å². The summed E-state index contributed by atoms with van der Waals surface area (Å²) < 4.78 is 0. The lowest BCUT2D eigenvalue weighted by Gasteiger charge is -2.11. The van der Waals surface area contributed by atoms with Gasteiger partial charge in [0.2, 0.25) is 5.91 Å². The second-order valence-electron chi connectivity index (χ2n) is 5.05. The first kappa shape index (κ1) is 15.7. The smallest absolute Gasteiger partial charge is 0.243 e. The van der Waals surface area contributed by atoms with Gasteiger partial charge in [0.1, 0.15) is 0 Å². The minimum atomic E-state index is -0.192. The molecule has 0 heterocycles. The van der Waals surface area contributed by atoms with Crippen LogP contribution in [0.1, 0.15) is 0 Å². The number of amides is 1. The van der Waals surface area contributed by atoms with Crippen LogP contribution in [0, 0.1) is 0 Å². The third kappa shape index (κ3) is 3.76. The average molecular weight is 345 g/mol. The third-order valence-corrected chi connectivity index (χ3v) is 4.00. The van der Waals surface area contributed by atoms with Crippen molar-refractivity contribution in [1.82, 2.24) is 0 Å². The maximum absolute atomic E-state index is 12.1. The fourth-order valence-corrected chi connectivity index (χ4v) is 2.68. The third-order valence-electron chi connectivity index (χ3n) is 3.43. The van der Waals surface area contributed by atoms with E-state index in [-0.39, 0.29) is 12.5 Å².